The third kappa shape index (κ3) is 3.19. The van der Waals surface area contributed by atoms with E-state index < -0.39 is 0 Å². The molecule has 0 bridgehead atoms. The first-order valence-corrected chi connectivity index (χ1v) is 16.6. The van der Waals surface area contributed by atoms with Gasteiger partial charge >= 0.3 is 0 Å². The van der Waals surface area contributed by atoms with Gasteiger partial charge in [-0.2, -0.15) is 0 Å². The van der Waals surface area contributed by atoms with Crippen LogP contribution < -0.4 is 0 Å². The summed E-state index contributed by atoms with van der Waals surface area (Å²) >= 11 is 0. The van der Waals surface area contributed by atoms with E-state index in [1.54, 1.807) is 0 Å². The molecule has 2 heterocycles. The highest BCUT2D eigenvalue weighted by atomic mass is 14.7. The summed E-state index contributed by atoms with van der Waals surface area (Å²) in [5.74, 6) is 0. The number of pyridine rings is 1. The van der Waals surface area contributed by atoms with Crippen LogP contribution in [-0.4, -0.2) is 9.97 Å². The Kier molecular flexibility index (Phi) is 5.07. The predicted octanol–water partition coefficient (Wildman–Crippen LogP) is 11.5. The van der Waals surface area contributed by atoms with Crippen molar-refractivity contribution < 1.29 is 0 Å². The minimum absolute atomic E-state index is 0.377. The molecule has 0 fully saturated rings. The van der Waals surface area contributed by atoms with E-state index in [1.165, 1.54) is 77.2 Å². The molecule has 2 aliphatic carbocycles. The third-order valence-electron chi connectivity index (χ3n) is 10.9. The van der Waals surface area contributed by atoms with Crippen molar-refractivity contribution in [2.24, 2.45) is 0 Å². The van der Waals surface area contributed by atoms with Gasteiger partial charge < -0.3 is 4.98 Å². The van der Waals surface area contributed by atoms with Crippen LogP contribution in [0.3, 0.4) is 0 Å². The van der Waals surface area contributed by atoms with Gasteiger partial charge in [-0.15, -0.1) is 0 Å². The average Bonchev–Trinajstić information content (AvgIpc) is 3.84. The highest BCUT2D eigenvalue weighted by Crippen LogP contribution is 2.64. The van der Waals surface area contributed by atoms with E-state index in [1.807, 2.05) is 6.20 Å². The maximum absolute atomic E-state index is 5.35. The van der Waals surface area contributed by atoms with Crippen LogP contribution in [0.15, 0.2) is 164 Å². The van der Waals surface area contributed by atoms with Crippen molar-refractivity contribution in [1.82, 2.24) is 9.97 Å². The normalized spacial score (nSPS) is 13.6. The molecule has 48 heavy (non-hydrogen) atoms. The number of nitrogens with one attached hydrogen (secondary N) is 1. The maximum Gasteiger partial charge on any atom is 0.0788 e. The number of benzene rings is 7. The Bertz CT molecular complexity index is 2740. The molecule has 2 heteroatoms. The topological polar surface area (TPSA) is 28.7 Å². The van der Waals surface area contributed by atoms with Crippen molar-refractivity contribution in [3.05, 3.63) is 186 Å². The fourth-order valence-corrected chi connectivity index (χ4v) is 8.98. The van der Waals surface area contributed by atoms with Crippen LogP contribution in [0.2, 0.25) is 0 Å². The van der Waals surface area contributed by atoms with Gasteiger partial charge in [0.15, 0.2) is 0 Å². The lowest BCUT2D eigenvalue weighted by Crippen LogP contribution is -2.25. The summed E-state index contributed by atoms with van der Waals surface area (Å²) in [7, 11) is 0. The number of fused-ring (bicyclic) bond motifs is 15. The number of aromatic amines is 1. The smallest absolute Gasteiger partial charge is 0.0788 e. The number of hydrogen-bond donors (Lipinski definition) is 1. The Labute approximate surface area is 278 Å². The van der Waals surface area contributed by atoms with E-state index in [0.717, 1.165) is 22.3 Å². The standard InChI is InChI=1S/C46H28N2/c1-5-16-37-32(11-1)33-12-2-6-17-38(33)46(37)39-18-7-3-13-34(39)43-40(46)25-24-36-42(43)35-14-4-8-19-41(35)48-45(36)30-22-20-28(21-23-30)31-15-9-10-29-26-27-47-44(29)31/h1-27,47H. The molecule has 11 rings (SSSR count). The van der Waals surface area contributed by atoms with Gasteiger partial charge in [0.2, 0.25) is 0 Å². The van der Waals surface area contributed by atoms with Gasteiger partial charge in [0.1, 0.15) is 0 Å². The second-order valence-corrected chi connectivity index (χ2v) is 13.1. The Hall–Kier alpha value is -6.25. The molecular weight excluding hydrogens is 581 g/mol. The number of aromatic nitrogens is 2. The molecule has 2 nitrogen and oxygen atoms in total. The first kappa shape index (κ1) is 25.9. The molecule has 0 radical (unpaired) electrons. The SMILES string of the molecule is c1ccc2c(c1)-c1ccccc1C21c2ccccc2-c2c1ccc1c(-c3ccc(-c4cccc5cc[nH]c45)cc3)nc3ccccc3c21. The summed E-state index contributed by atoms with van der Waals surface area (Å²) in [5, 5.41) is 4.87. The second-order valence-electron chi connectivity index (χ2n) is 13.1. The highest BCUT2D eigenvalue weighted by molar-refractivity contribution is 6.20. The van der Waals surface area contributed by atoms with Crippen LogP contribution >= 0.6 is 0 Å². The molecule has 2 aliphatic rings. The molecule has 0 aliphatic heterocycles. The lowest BCUT2D eigenvalue weighted by molar-refractivity contribution is 0.794. The molecule has 0 saturated heterocycles. The molecule has 222 valence electrons. The molecule has 0 amide bonds. The van der Waals surface area contributed by atoms with E-state index in [4.69, 9.17) is 4.98 Å². The molecular formula is C46H28N2. The lowest BCUT2D eigenvalue weighted by Gasteiger charge is -2.30. The van der Waals surface area contributed by atoms with Crippen LogP contribution in [0.25, 0.3) is 77.2 Å². The van der Waals surface area contributed by atoms with Gasteiger partial charge in [0.25, 0.3) is 0 Å². The van der Waals surface area contributed by atoms with Gasteiger partial charge in [-0.05, 0) is 67.6 Å². The van der Waals surface area contributed by atoms with E-state index in [-0.39, 0.29) is 5.41 Å². The summed E-state index contributed by atoms with van der Waals surface area (Å²) in [4.78, 5) is 8.78. The van der Waals surface area contributed by atoms with Crippen molar-refractivity contribution in [2.45, 2.75) is 5.41 Å². The summed E-state index contributed by atoms with van der Waals surface area (Å²) in [5.41, 5.74) is 17.0. The maximum atomic E-state index is 5.35. The Morgan fingerprint density at radius 3 is 1.83 bits per heavy atom. The first-order valence-electron chi connectivity index (χ1n) is 16.6. The summed E-state index contributed by atoms with van der Waals surface area (Å²) in [6.45, 7) is 0. The third-order valence-corrected chi connectivity index (χ3v) is 10.9. The van der Waals surface area contributed by atoms with Gasteiger partial charge in [0, 0.05) is 33.5 Å². The average molecular weight is 609 g/mol. The van der Waals surface area contributed by atoms with Gasteiger partial charge in [-0.1, -0.05) is 146 Å². The predicted molar refractivity (Wildman–Crippen MR) is 198 cm³/mol. The number of rotatable bonds is 2. The second kappa shape index (κ2) is 9.40. The van der Waals surface area contributed by atoms with Crippen LogP contribution in [0.1, 0.15) is 22.3 Å². The molecule has 0 unspecified atom stereocenters. The fraction of sp³-hybridized carbons (Fsp3) is 0.0217. The molecule has 9 aromatic rings. The number of nitrogens with zero attached hydrogens (tertiary/aromatic N) is 1. The Morgan fingerprint density at radius 1 is 0.438 bits per heavy atom. The van der Waals surface area contributed by atoms with E-state index in [9.17, 15) is 0 Å². The van der Waals surface area contributed by atoms with E-state index in [0.29, 0.717) is 0 Å². The van der Waals surface area contributed by atoms with Gasteiger partial charge in [0.05, 0.1) is 22.1 Å². The van der Waals surface area contributed by atoms with Crippen molar-refractivity contribution in [3.63, 3.8) is 0 Å². The van der Waals surface area contributed by atoms with Crippen LogP contribution in [-0.2, 0) is 5.41 Å². The monoisotopic (exact) mass is 608 g/mol. The van der Waals surface area contributed by atoms with Crippen molar-refractivity contribution in [2.75, 3.05) is 0 Å². The van der Waals surface area contributed by atoms with Crippen molar-refractivity contribution >= 4 is 32.6 Å². The Morgan fingerprint density at radius 2 is 1.06 bits per heavy atom. The van der Waals surface area contributed by atoms with Crippen LogP contribution in [0.4, 0.5) is 0 Å². The fourth-order valence-electron chi connectivity index (χ4n) is 8.98. The van der Waals surface area contributed by atoms with E-state index >= 15 is 0 Å². The van der Waals surface area contributed by atoms with Gasteiger partial charge in [-0.25, -0.2) is 4.98 Å². The lowest BCUT2D eigenvalue weighted by atomic mass is 9.70. The van der Waals surface area contributed by atoms with Gasteiger partial charge in [-0.3, -0.25) is 0 Å². The molecule has 1 N–H and O–H groups in total. The minimum atomic E-state index is -0.377. The molecule has 2 aromatic heterocycles. The Balaban J connectivity index is 1.21. The van der Waals surface area contributed by atoms with E-state index in [2.05, 4.69) is 163 Å². The zero-order valence-corrected chi connectivity index (χ0v) is 26.0. The summed E-state index contributed by atoms with van der Waals surface area (Å²) < 4.78 is 0. The molecule has 0 atom stereocenters. The highest BCUT2D eigenvalue weighted by Gasteiger charge is 2.52. The minimum Gasteiger partial charge on any atom is -0.361 e. The zero-order chi connectivity index (χ0) is 31.4. The van der Waals surface area contributed by atoms with Crippen molar-refractivity contribution in [3.8, 4) is 44.6 Å². The number of para-hydroxylation sites is 2. The molecule has 1 spiro atoms. The van der Waals surface area contributed by atoms with Crippen LogP contribution in [0.5, 0.6) is 0 Å². The first-order chi connectivity index (χ1) is 23.8. The quantitative estimate of drug-likeness (QED) is 0.194. The largest absolute Gasteiger partial charge is 0.361 e. The summed E-state index contributed by atoms with van der Waals surface area (Å²) in [6, 6.07) is 58.0. The van der Waals surface area contributed by atoms with Crippen LogP contribution in [0, 0.1) is 0 Å². The zero-order valence-electron chi connectivity index (χ0n) is 26.0. The molecule has 7 aromatic carbocycles. The molecule has 0 saturated carbocycles. The number of hydrogen-bond acceptors (Lipinski definition) is 1. The van der Waals surface area contributed by atoms with Crippen molar-refractivity contribution in [1.29, 1.82) is 0 Å². The summed E-state index contributed by atoms with van der Waals surface area (Å²) in [6.07, 6.45) is 2.01. The number of H-pyrrole nitrogens is 1.